The highest BCUT2D eigenvalue weighted by molar-refractivity contribution is 5.94. The quantitative estimate of drug-likeness (QED) is 0.689. The molecule has 2 amide bonds. The van der Waals surface area contributed by atoms with Crippen molar-refractivity contribution in [3.63, 3.8) is 0 Å². The third-order valence-corrected chi connectivity index (χ3v) is 4.73. The van der Waals surface area contributed by atoms with Gasteiger partial charge < -0.3 is 16.0 Å². The van der Waals surface area contributed by atoms with Gasteiger partial charge in [-0.05, 0) is 35.7 Å². The normalized spacial score (nSPS) is 18.6. The van der Waals surface area contributed by atoms with Crippen molar-refractivity contribution >= 4 is 35.6 Å². The Morgan fingerprint density at radius 1 is 1.18 bits per heavy atom. The fraction of sp³-hybridized carbons (Fsp3) is 0.450. The molecule has 0 unspecified atom stereocenters. The van der Waals surface area contributed by atoms with Crippen molar-refractivity contribution in [2.45, 2.75) is 26.2 Å². The Morgan fingerprint density at radius 2 is 1.82 bits per heavy atom. The van der Waals surface area contributed by atoms with Gasteiger partial charge in [0.25, 0.3) is 0 Å². The van der Waals surface area contributed by atoms with Crippen molar-refractivity contribution in [1.82, 2.24) is 15.1 Å². The van der Waals surface area contributed by atoms with Gasteiger partial charge in [-0.2, -0.15) is 5.10 Å². The highest BCUT2D eigenvalue weighted by Gasteiger charge is 2.34. The van der Waals surface area contributed by atoms with E-state index in [1.807, 2.05) is 45.4 Å². The Hall–Kier alpha value is -2.38. The van der Waals surface area contributed by atoms with Crippen LogP contribution in [0.1, 0.15) is 31.7 Å². The van der Waals surface area contributed by atoms with Crippen LogP contribution in [0, 0.1) is 11.8 Å². The summed E-state index contributed by atoms with van der Waals surface area (Å²) in [5.74, 6) is 0.285. The zero-order chi connectivity index (χ0) is 19.4. The summed E-state index contributed by atoms with van der Waals surface area (Å²) in [6.45, 7) is 5.43. The lowest BCUT2D eigenvalue weighted by molar-refractivity contribution is -0.119. The molecule has 3 rings (SSSR count). The average Bonchev–Trinajstić information content (AvgIpc) is 3.24. The van der Waals surface area contributed by atoms with Gasteiger partial charge in [0.15, 0.2) is 0 Å². The number of carbonyl (C=O) groups is 2. The number of rotatable bonds is 6. The first-order valence-corrected chi connectivity index (χ1v) is 9.32. The van der Waals surface area contributed by atoms with Crippen LogP contribution in [0.4, 0.5) is 11.4 Å². The summed E-state index contributed by atoms with van der Waals surface area (Å²) in [7, 11) is 1.88. The lowest BCUT2D eigenvalue weighted by atomic mass is 9.90. The molecule has 1 aliphatic heterocycles. The van der Waals surface area contributed by atoms with E-state index in [0.29, 0.717) is 18.9 Å². The van der Waals surface area contributed by atoms with Crippen LogP contribution in [0.15, 0.2) is 36.7 Å². The minimum absolute atomic E-state index is 0. The van der Waals surface area contributed by atoms with Gasteiger partial charge in [0.2, 0.25) is 11.8 Å². The second-order valence-electron chi connectivity index (χ2n) is 7.53. The molecule has 1 fully saturated rings. The van der Waals surface area contributed by atoms with E-state index in [2.05, 4.69) is 21.0 Å². The zero-order valence-corrected chi connectivity index (χ0v) is 17.3. The molecule has 8 heteroatoms. The summed E-state index contributed by atoms with van der Waals surface area (Å²) in [5, 5.41) is 13.4. The molecule has 0 aliphatic carbocycles. The van der Waals surface area contributed by atoms with Gasteiger partial charge in [-0.1, -0.05) is 13.8 Å². The van der Waals surface area contributed by atoms with E-state index in [1.165, 1.54) is 0 Å². The maximum absolute atomic E-state index is 12.7. The fourth-order valence-electron chi connectivity index (χ4n) is 3.39. The summed E-state index contributed by atoms with van der Waals surface area (Å²) in [4.78, 5) is 24.6. The van der Waals surface area contributed by atoms with Gasteiger partial charge in [0, 0.05) is 50.0 Å². The first-order valence-electron chi connectivity index (χ1n) is 9.32. The van der Waals surface area contributed by atoms with Crippen LogP contribution in [-0.2, 0) is 16.6 Å². The van der Waals surface area contributed by atoms with Crippen LogP contribution in [0.2, 0.25) is 0 Å². The van der Waals surface area contributed by atoms with Crippen molar-refractivity contribution in [2.24, 2.45) is 18.9 Å². The molecule has 152 valence electrons. The van der Waals surface area contributed by atoms with Gasteiger partial charge in [0.05, 0.1) is 12.1 Å². The SMILES string of the molecule is CC(C)CC(=O)Nc1ccc(NC(=O)[C@H]2CNC[C@@H]2c2cnn(C)c2)cc1.Cl. The maximum atomic E-state index is 12.7. The van der Waals surface area contributed by atoms with E-state index in [-0.39, 0.29) is 36.1 Å². The second kappa shape index (κ2) is 9.71. The van der Waals surface area contributed by atoms with Crippen molar-refractivity contribution in [3.05, 3.63) is 42.2 Å². The first-order chi connectivity index (χ1) is 12.9. The second-order valence-corrected chi connectivity index (χ2v) is 7.53. The molecule has 2 heterocycles. The lowest BCUT2D eigenvalue weighted by Crippen LogP contribution is -2.28. The largest absolute Gasteiger partial charge is 0.326 e. The summed E-state index contributed by atoms with van der Waals surface area (Å²) < 4.78 is 1.76. The van der Waals surface area contributed by atoms with Crippen LogP contribution < -0.4 is 16.0 Å². The monoisotopic (exact) mass is 405 g/mol. The zero-order valence-electron chi connectivity index (χ0n) is 16.4. The predicted molar refractivity (Wildman–Crippen MR) is 113 cm³/mol. The first kappa shape index (κ1) is 21.9. The number of nitrogens with one attached hydrogen (secondary N) is 3. The molecule has 28 heavy (non-hydrogen) atoms. The van der Waals surface area contributed by atoms with E-state index < -0.39 is 0 Å². The molecule has 0 saturated carbocycles. The van der Waals surface area contributed by atoms with Crippen LogP contribution in [0.5, 0.6) is 0 Å². The summed E-state index contributed by atoms with van der Waals surface area (Å²) >= 11 is 0. The number of benzene rings is 1. The number of nitrogens with zero attached hydrogens (tertiary/aromatic N) is 2. The Labute approximate surface area is 171 Å². The van der Waals surface area contributed by atoms with Gasteiger partial charge in [-0.3, -0.25) is 14.3 Å². The Balaban J connectivity index is 0.00000280. The molecule has 2 aromatic rings. The molecule has 3 N–H and O–H groups in total. The molecule has 0 radical (unpaired) electrons. The van der Waals surface area contributed by atoms with Crippen molar-refractivity contribution < 1.29 is 9.59 Å². The van der Waals surface area contributed by atoms with Crippen LogP contribution in [0.3, 0.4) is 0 Å². The number of anilines is 2. The molecule has 7 nitrogen and oxygen atoms in total. The van der Waals surface area contributed by atoms with Crippen molar-refractivity contribution in [2.75, 3.05) is 23.7 Å². The predicted octanol–water partition coefficient (Wildman–Crippen LogP) is 2.77. The number of aromatic nitrogens is 2. The molecule has 0 bridgehead atoms. The van der Waals surface area contributed by atoms with Crippen LogP contribution in [0.25, 0.3) is 0 Å². The molecular formula is C20H28ClN5O2. The highest BCUT2D eigenvalue weighted by Crippen LogP contribution is 2.29. The topological polar surface area (TPSA) is 88.1 Å². The molecule has 1 aromatic carbocycles. The highest BCUT2D eigenvalue weighted by atomic mass is 35.5. The smallest absolute Gasteiger partial charge is 0.229 e. The Kier molecular flexibility index (Phi) is 7.60. The summed E-state index contributed by atoms with van der Waals surface area (Å²) in [6.07, 6.45) is 4.28. The lowest BCUT2D eigenvalue weighted by Gasteiger charge is -2.17. The van der Waals surface area contributed by atoms with E-state index in [1.54, 1.807) is 16.8 Å². The van der Waals surface area contributed by atoms with Crippen LogP contribution in [-0.4, -0.2) is 34.7 Å². The minimum atomic E-state index is -0.139. The molecule has 2 atom stereocenters. The van der Waals surface area contributed by atoms with E-state index in [0.717, 1.165) is 23.5 Å². The maximum Gasteiger partial charge on any atom is 0.229 e. The van der Waals surface area contributed by atoms with Crippen molar-refractivity contribution in [3.8, 4) is 0 Å². The number of aryl methyl sites for hydroxylation is 1. The number of halogens is 1. The van der Waals surface area contributed by atoms with E-state index >= 15 is 0 Å². The van der Waals surface area contributed by atoms with Crippen molar-refractivity contribution in [1.29, 1.82) is 0 Å². The molecule has 0 spiro atoms. The van der Waals surface area contributed by atoms with Gasteiger partial charge in [0.1, 0.15) is 0 Å². The third-order valence-electron chi connectivity index (χ3n) is 4.73. The van der Waals surface area contributed by atoms with E-state index in [4.69, 9.17) is 0 Å². The molecule has 1 aromatic heterocycles. The molecular weight excluding hydrogens is 378 g/mol. The standard InChI is InChI=1S/C20H27N5O2.ClH/c1-13(2)8-19(26)23-15-4-6-16(7-5-15)24-20(27)18-11-21-10-17(18)14-9-22-25(3)12-14;/h4-7,9,12-13,17-18,21H,8,10-11H2,1-3H3,(H,23,26)(H,24,27);1H/t17-,18+;/m1./s1. The van der Waals surface area contributed by atoms with Gasteiger partial charge >= 0.3 is 0 Å². The van der Waals surface area contributed by atoms with Gasteiger partial charge in [-0.15, -0.1) is 12.4 Å². The summed E-state index contributed by atoms with van der Waals surface area (Å²) in [6, 6.07) is 7.23. The van der Waals surface area contributed by atoms with Gasteiger partial charge in [-0.25, -0.2) is 0 Å². The number of hydrogen-bond acceptors (Lipinski definition) is 4. The third kappa shape index (κ3) is 5.56. The number of amides is 2. The Morgan fingerprint density at radius 3 is 2.39 bits per heavy atom. The fourth-order valence-corrected chi connectivity index (χ4v) is 3.39. The molecule has 1 aliphatic rings. The number of hydrogen-bond donors (Lipinski definition) is 3. The Bertz CT molecular complexity index is 803. The molecule has 1 saturated heterocycles. The number of carbonyl (C=O) groups excluding carboxylic acids is 2. The minimum Gasteiger partial charge on any atom is -0.326 e. The van der Waals surface area contributed by atoms with E-state index in [9.17, 15) is 9.59 Å². The average molecular weight is 406 g/mol. The summed E-state index contributed by atoms with van der Waals surface area (Å²) in [5.41, 5.74) is 2.53. The van der Waals surface area contributed by atoms with Crippen LogP contribution >= 0.6 is 12.4 Å².